The van der Waals surface area contributed by atoms with Gasteiger partial charge in [-0.3, -0.25) is 4.98 Å². The molecule has 0 saturated heterocycles. The lowest BCUT2D eigenvalue weighted by atomic mass is 9.79. The van der Waals surface area contributed by atoms with Crippen LogP contribution in [0.2, 0.25) is 0 Å². The highest BCUT2D eigenvalue weighted by molar-refractivity contribution is 6.13. The zero-order valence-electron chi connectivity index (χ0n) is 45.6. The molecule has 0 aliphatic heterocycles. The third-order valence-electron chi connectivity index (χ3n) is 14.9. The maximum absolute atomic E-state index is 7.97. The Morgan fingerprint density at radius 1 is 0.368 bits per heavy atom. The summed E-state index contributed by atoms with van der Waals surface area (Å²) in [6.45, 7) is 43.0. The molecule has 0 fully saturated rings. The van der Waals surface area contributed by atoms with Crippen molar-refractivity contribution in [2.75, 3.05) is 0 Å². The van der Waals surface area contributed by atoms with Crippen LogP contribution in [0.3, 0.4) is 0 Å². The molecule has 76 heavy (non-hydrogen) atoms. The van der Waals surface area contributed by atoms with E-state index >= 15 is 0 Å². The van der Waals surface area contributed by atoms with Crippen molar-refractivity contribution in [1.29, 1.82) is 0 Å². The molecule has 0 N–H and O–H groups in total. The molecular formula is C68H62N8. The summed E-state index contributed by atoms with van der Waals surface area (Å²) in [5.41, 5.74) is 15.6. The number of benzene rings is 7. The van der Waals surface area contributed by atoms with Crippen LogP contribution in [0.5, 0.6) is 0 Å². The van der Waals surface area contributed by atoms with Crippen molar-refractivity contribution in [2.45, 2.75) is 105 Å². The molecule has 11 rings (SSSR count). The minimum atomic E-state index is -0.137. The van der Waals surface area contributed by atoms with Gasteiger partial charge in [-0.1, -0.05) is 144 Å². The van der Waals surface area contributed by atoms with Gasteiger partial charge in [0.1, 0.15) is 0 Å². The van der Waals surface area contributed by atoms with Gasteiger partial charge in [0.2, 0.25) is 0 Å². The zero-order valence-corrected chi connectivity index (χ0v) is 45.6. The van der Waals surface area contributed by atoms with Crippen molar-refractivity contribution in [1.82, 2.24) is 29.1 Å². The number of nitrogens with zero attached hydrogens (tertiary/aromatic N) is 8. The van der Waals surface area contributed by atoms with E-state index in [0.29, 0.717) is 28.8 Å². The summed E-state index contributed by atoms with van der Waals surface area (Å²) in [4.78, 5) is 29.0. The molecular weight excluding hydrogens is 929 g/mol. The predicted octanol–water partition coefficient (Wildman–Crippen LogP) is 18.4. The highest BCUT2D eigenvalue weighted by atomic mass is 15.0. The Bertz CT molecular complexity index is 3960. The molecule has 0 atom stereocenters. The lowest BCUT2D eigenvalue weighted by Gasteiger charge is -2.26. The first-order valence-corrected chi connectivity index (χ1v) is 26.1. The third kappa shape index (κ3) is 8.78. The summed E-state index contributed by atoms with van der Waals surface area (Å²) in [7, 11) is 0. The number of hydrogen-bond donors (Lipinski definition) is 0. The molecule has 4 aromatic heterocycles. The second-order valence-corrected chi connectivity index (χ2v) is 24.4. The summed E-state index contributed by atoms with van der Waals surface area (Å²) >= 11 is 0. The highest BCUT2D eigenvalue weighted by Crippen LogP contribution is 2.44. The first kappa shape index (κ1) is 49.5. The Hall–Kier alpha value is -8.72. The minimum absolute atomic E-state index is 0.137. The molecule has 7 aromatic carbocycles. The van der Waals surface area contributed by atoms with Crippen molar-refractivity contribution in [2.24, 2.45) is 0 Å². The van der Waals surface area contributed by atoms with Gasteiger partial charge < -0.3 is 9.13 Å². The lowest BCUT2D eigenvalue weighted by Crippen LogP contribution is -2.17. The van der Waals surface area contributed by atoms with Gasteiger partial charge in [0.25, 0.3) is 0 Å². The second kappa shape index (κ2) is 18.0. The van der Waals surface area contributed by atoms with Crippen LogP contribution in [0.25, 0.3) is 110 Å². The minimum Gasteiger partial charge on any atom is -0.309 e. The van der Waals surface area contributed by atoms with Crippen molar-refractivity contribution in [3.05, 3.63) is 203 Å². The van der Waals surface area contributed by atoms with Gasteiger partial charge in [0.15, 0.2) is 28.8 Å². The van der Waals surface area contributed by atoms with E-state index in [-0.39, 0.29) is 21.7 Å². The van der Waals surface area contributed by atoms with Crippen LogP contribution in [0.4, 0.5) is 11.4 Å². The molecule has 11 aromatic rings. The Balaban J connectivity index is 1.25. The van der Waals surface area contributed by atoms with E-state index in [1.807, 2.05) is 48.8 Å². The standard InChI is InChI=1S/C68H62N8/c1-65(2,3)44-31-42(32-45(36-44)66(4,5)6)63-72-62(73-64(74-63)43-33-46(67(7,8)9)37-47(34-43)68(10,11)12)41-23-26-58(76-59-27-24-48(69-13)38-53(59)54-39-49(70-14)25-28-60(54)76)52(35-41)55-40-71-30-29-61(55)75-56-21-17-15-19-50(56)51-20-16-18-22-57(51)75/h15-40H,1-12H3. The van der Waals surface area contributed by atoms with Crippen LogP contribution in [0.1, 0.15) is 105 Å². The van der Waals surface area contributed by atoms with Crippen LogP contribution in [-0.2, 0) is 21.7 Å². The zero-order chi connectivity index (χ0) is 53.6. The van der Waals surface area contributed by atoms with E-state index in [0.717, 1.165) is 82.8 Å². The van der Waals surface area contributed by atoms with Gasteiger partial charge >= 0.3 is 0 Å². The topological polar surface area (TPSA) is 70.1 Å². The van der Waals surface area contributed by atoms with Gasteiger partial charge in [0, 0.05) is 51.0 Å². The maximum Gasteiger partial charge on any atom is 0.188 e. The number of rotatable bonds is 6. The number of hydrogen-bond acceptors (Lipinski definition) is 4. The molecule has 8 nitrogen and oxygen atoms in total. The molecule has 0 saturated carbocycles. The van der Waals surface area contributed by atoms with E-state index in [1.165, 1.54) is 22.3 Å². The highest BCUT2D eigenvalue weighted by Gasteiger charge is 2.27. The smallest absolute Gasteiger partial charge is 0.188 e. The molecule has 0 unspecified atom stereocenters. The number of aromatic nitrogens is 6. The average Bonchev–Trinajstić information content (AvgIpc) is 3.91. The normalized spacial score (nSPS) is 12.4. The average molecular weight is 991 g/mol. The van der Waals surface area contributed by atoms with E-state index < -0.39 is 0 Å². The molecule has 374 valence electrons. The summed E-state index contributed by atoms with van der Waals surface area (Å²) in [6, 6.07) is 51.1. The first-order chi connectivity index (χ1) is 36.1. The number of para-hydroxylation sites is 2. The molecule has 4 heterocycles. The van der Waals surface area contributed by atoms with E-state index in [9.17, 15) is 0 Å². The fraction of sp³-hybridized carbons (Fsp3) is 0.235. The van der Waals surface area contributed by atoms with Crippen molar-refractivity contribution in [3.63, 3.8) is 0 Å². The Morgan fingerprint density at radius 2 is 0.763 bits per heavy atom. The van der Waals surface area contributed by atoms with Crippen molar-refractivity contribution >= 4 is 55.0 Å². The Kier molecular flexibility index (Phi) is 11.7. The predicted molar refractivity (Wildman–Crippen MR) is 315 cm³/mol. The van der Waals surface area contributed by atoms with E-state index in [4.69, 9.17) is 33.1 Å². The SMILES string of the molecule is [C-]#[N+]c1ccc2c(c1)c1cc([N+]#[C-])ccc1n2-c1ccc(-c2nc(-c3cc(C(C)(C)C)cc(C(C)(C)C)c3)nc(-c3cc(C(C)(C)C)cc(C(C)(C)C)c3)n2)cc1-c1cnccc1-n1c2ccccc2c2ccccc21. The van der Waals surface area contributed by atoms with E-state index in [2.05, 4.69) is 211 Å². The summed E-state index contributed by atoms with van der Waals surface area (Å²) in [5, 5.41) is 4.10. The second-order valence-electron chi connectivity index (χ2n) is 24.4. The molecule has 0 aliphatic rings. The van der Waals surface area contributed by atoms with Gasteiger partial charge in [-0.2, -0.15) is 0 Å². The van der Waals surface area contributed by atoms with Gasteiger partial charge in [-0.15, -0.1) is 0 Å². The molecule has 0 bridgehead atoms. The Morgan fingerprint density at radius 3 is 1.18 bits per heavy atom. The van der Waals surface area contributed by atoms with Crippen LogP contribution in [0.15, 0.2) is 158 Å². The van der Waals surface area contributed by atoms with Gasteiger partial charge in [0.05, 0.1) is 46.6 Å². The van der Waals surface area contributed by atoms with Crippen LogP contribution in [0, 0.1) is 13.1 Å². The third-order valence-corrected chi connectivity index (χ3v) is 14.9. The largest absolute Gasteiger partial charge is 0.309 e. The van der Waals surface area contributed by atoms with Gasteiger partial charge in [-0.25, -0.2) is 24.6 Å². The quantitative estimate of drug-likeness (QED) is 0.156. The van der Waals surface area contributed by atoms with Crippen LogP contribution in [-0.4, -0.2) is 29.1 Å². The number of pyridine rings is 1. The van der Waals surface area contributed by atoms with Crippen molar-refractivity contribution in [3.8, 4) is 56.7 Å². The summed E-state index contributed by atoms with van der Waals surface area (Å²) in [6.07, 6.45) is 3.83. The molecule has 0 radical (unpaired) electrons. The van der Waals surface area contributed by atoms with Crippen molar-refractivity contribution < 1.29 is 0 Å². The Labute approximate surface area is 446 Å². The fourth-order valence-electron chi connectivity index (χ4n) is 10.5. The molecule has 0 amide bonds. The summed E-state index contributed by atoms with van der Waals surface area (Å²) in [5.74, 6) is 1.74. The van der Waals surface area contributed by atoms with E-state index in [1.54, 1.807) is 0 Å². The van der Waals surface area contributed by atoms with Crippen LogP contribution < -0.4 is 0 Å². The molecule has 8 heteroatoms. The summed E-state index contributed by atoms with van der Waals surface area (Å²) < 4.78 is 4.60. The fourth-order valence-corrected chi connectivity index (χ4v) is 10.5. The lowest BCUT2D eigenvalue weighted by molar-refractivity contribution is 0.568. The number of fused-ring (bicyclic) bond motifs is 6. The molecule has 0 aliphatic carbocycles. The molecule has 0 spiro atoms. The van der Waals surface area contributed by atoms with Crippen LogP contribution >= 0.6 is 0 Å². The first-order valence-electron chi connectivity index (χ1n) is 26.1. The van der Waals surface area contributed by atoms with Gasteiger partial charge in [-0.05, 0) is 140 Å². The maximum atomic E-state index is 7.97. The monoisotopic (exact) mass is 991 g/mol.